The molecule has 0 aliphatic heterocycles. The summed E-state index contributed by atoms with van der Waals surface area (Å²) in [5.74, 6) is 0. The van der Waals surface area contributed by atoms with Crippen LogP contribution in [0.1, 0.15) is 17.4 Å². The van der Waals surface area contributed by atoms with E-state index in [1.807, 2.05) is 42.5 Å². The summed E-state index contributed by atoms with van der Waals surface area (Å²) >= 11 is 5.97. The maximum Gasteiger partial charge on any atom is 0.0947 e. The maximum absolute atomic E-state index is 5.97. The Hall–Kier alpha value is -1.42. The van der Waals surface area contributed by atoms with E-state index in [0.717, 1.165) is 17.7 Å². The minimum atomic E-state index is -0.123. The molecule has 1 heterocycles. The third kappa shape index (κ3) is 4.31. The number of pyridine rings is 1. The molecule has 19 heavy (non-hydrogen) atoms. The molecule has 0 spiro atoms. The zero-order valence-electron chi connectivity index (χ0n) is 10.6. The van der Waals surface area contributed by atoms with E-state index >= 15 is 0 Å². The molecular formula is C15H17ClN2O. The Labute approximate surface area is 118 Å². The molecule has 2 N–H and O–H groups in total. The van der Waals surface area contributed by atoms with Crippen LogP contribution in [0.15, 0.2) is 48.7 Å². The Balaban J connectivity index is 1.89. The minimum Gasteiger partial charge on any atom is -0.372 e. The second kappa shape index (κ2) is 7.24. The van der Waals surface area contributed by atoms with Crippen LogP contribution in [0.3, 0.4) is 0 Å². The van der Waals surface area contributed by atoms with Gasteiger partial charge in [-0.3, -0.25) is 4.98 Å². The van der Waals surface area contributed by atoms with E-state index in [4.69, 9.17) is 22.1 Å². The summed E-state index contributed by atoms with van der Waals surface area (Å²) < 4.78 is 5.81. The first kappa shape index (κ1) is 14.0. The molecule has 4 heteroatoms. The van der Waals surface area contributed by atoms with Crippen molar-refractivity contribution in [3.8, 4) is 0 Å². The first-order chi connectivity index (χ1) is 9.29. The molecule has 3 nitrogen and oxygen atoms in total. The number of hydrogen-bond acceptors (Lipinski definition) is 3. The van der Waals surface area contributed by atoms with Crippen molar-refractivity contribution < 1.29 is 4.74 Å². The number of rotatable bonds is 6. The summed E-state index contributed by atoms with van der Waals surface area (Å²) in [6.07, 6.45) is 2.44. The summed E-state index contributed by atoms with van der Waals surface area (Å²) in [6, 6.07) is 13.5. The van der Waals surface area contributed by atoms with E-state index in [0.29, 0.717) is 18.2 Å². The van der Waals surface area contributed by atoms with Gasteiger partial charge < -0.3 is 10.5 Å². The zero-order valence-corrected chi connectivity index (χ0v) is 11.4. The highest BCUT2D eigenvalue weighted by atomic mass is 35.5. The van der Waals surface area contributed by atoms with Gasteiger partial charge in [-0.1, -0.05) is 29.8 Å². The molecule has 1 unspecified atom stereocenters. The molecule has 2 aromatic rings. The quantitative estimate of drug-likeness (QED) is 0.882. The van der Waals surface area contributed by atoms with Gasteiger partial charge in [0, 0.05) is 29.9 Å². The van der Waals surface area contributed by atoms with Crippen molar-refractivity contribution >= 4 is 11.6 Å². The van der Waals surface area contributed by atoms with E-state index in [2.05, 4.69) is 4.98 Å². The number of nitrogens with zero attached hydrogens (tertiary/aromatic N) is 1. The molecule has 1 atom stereocenters. The Bertz CT molecular complexity index is 505. The summed E-state index contributed by atoms with van der Waals surface area (Å²) in [7, 11) is 0. The highest BCUT2D eigenvalue weighted by Gasteiger charge is 2.10. The number of halogens is 1. The highest BCUT2D eigenvalue weighted by molar-refractivity contribution is 6.30. The molecule has 0 fully saturated rings. The summed E-state index contributed by atoms with van der Waals surface area (Å²) in [6.45, 7) is 1.02. The molecule has 0 bridgehead atoms. The van der Waals surface area contributed by atoms with Crippen LogP contribution in [0.25, 0.3) is 0 Å². The number of nitrogens with two attached hydrogens (primary N) is 1. The lowest BCUT2D eigenvalue weighted by Crippen LogP contribution is -2.17. The fourth-order valence-corrected chi connectivity index (χ4v) is 2.06. The first-order valence-electron chi connectivity index (χ1n) is 6.26. The largest absolute Gasteiger partial charge is 0.372 e. The summed E-state index contributed by atoms with van der Waals surface area (Å²) in [5.41, 5.74) is 7.78. The van der Waals surface area contributed by atoms with E-state index in [1.165, 1.54) is 0 Å². The van der Waals surface area contributed by atoms with Crippen molar-refractivity contribution in [2.24, 2.45) is 5.73 Å². The topological polar surface area (TPSA) is 48.1 Å². The molecule has 0 aliphatic rings. The Morgan fingerprint density at radius 2 is 2.11 bits per heavy atom. The van der Waals surface area contributed by atoms with Crippen LogP contribution in [0.5, 0.6) is 0 Å². The van der Waals surface area contributed by atoms with Crippen molar-refractivity contribution in [2.75, 3.05) is 13.2 Å². The summed E-state index contributed by atoms with van der Waals surface area (Å²) in [4.78, 5) is 4.26. The molecule has 0 amide bonds. The van der Waals surface area contributed by atoms with Crippen molar-refractivity contribution in [1.82, 2.24) is 4.98 Å². The molecule has 2 rings (SSSR count). The van der Waals surface area contributed by atoms with Crippen LogP contribution < -0.4 is 5.73 Å². The molecule has 1 aromatic carbocycles. The zero-order chi connectivity index (χ0) is 13.5. The van der Waals surface area contributed by atoms with Gasteiger partial charge >= 0.3 is 0 Å². The number of benzene rings is 1. The van der Waals surface area contributed by atoms with Gasteiger partial charge in [0.15, 0.2) is 0 Å². The van der Waals surface area contributed by atoms with Gasteiger partial charge in [0.1, 0.15) is 0 Å². The normalized spacial score (nSPS) is 12.3. The standard InChI is InChI=1S/C15H17ClN2O/c16-13-5-3-4-12(10-13)15(11-17)19-9-7-14-6-1-2-8-18-14/h1-6,8,10,15H,7,9,11,17H2. The molecule has 0 radical (unpaired) electrons. The lowest BCUT2D eigenvalue weighted by Gasteiger charge is -2.16. The maximum atomic E-state index is 5.97. The fourth-order valence-electron chi connectivity index (χ4n) is 1.86. The number of aromatic nitrogens is 1. The van der Waals surface area contributed by atoms with Crippen molar-refractivity contribution in [2.45, 2.75) is 12.5 Å². The van der Waals surface area contributed by atoms with Gasteiger partial charge in [-0.05, 0) is 29.8 Å². The van der Waals surface area contributed by atoms with Gasteiger partial charge in [-0.15, -0.1) is 0 Å². The Morgan fingerprint density at radius 1 is 1.21 bits per heavy atom. The van der Waals surface area contributed by atoms with Gasteiger partial charge in [0.05, 0.1) is 12.7 Å². The van der Waals surface area contributed by atoms with Crippen LogP contribution in [0.2, 0.25) is 5.02 Å². The smallest absolute Gasteiger partial charge is 0.0947 e. The van der Waals surface area contributed by atoms with Gasteiger partial charge in [0.25, 0.3) is 0 Å². The Kier molecular flexibility index (Phi) is 5.33. The van der Waals surface area contributed by atoms with E-state index in [9.17, 15) is 0 Å². The second-order valence-electron chi connectivity index (χ2n) is 4.22. The molecule has 0 saturated carbocycles. The van der Waals surface area contributed by atoms with Gasteiger partial charge in [0.2, 0.25) is 0 Å². The second-order valence-corrected chi connectivity index (χ2v) is 4.66. The molecule has 100 valence electrons. The predicted octanol–water partition coefficient (Wildman–Crippen LogP) is 2.99. The molecule has 0 saturated heterocycles. The van der Waals surface area contributed by atoms with Crippen LogP contribution in [0.4, 0.5) is 0 Å². The van der Waals surface area contributed by atoms with Crippen molar-refractivity contribution in [1.29, 1.82) is 0 Å². The lowest BCUT2D eigenvalue weighted by molar-refractivity contribution is 0.0605. The van der Waals surface area contributed by atoms with Crippen LogP contribution in [-0.4, -0.2) is 18.1 Å². The third-order valence-electron chi connectivity index (χ3n) is 2.84. The highest BCUT2D eigenvalue weighted by Crippen LogP contribution is 2.20. The van der Waals surface area contributed by atoms with E-state index in [1.54, 1.807) is 6.20 Å². The van der Waals surface area contributed by atoms with Gasteiger partial charge in [-0.25, -0.2) is 0 Å². The monoisotopic (exact) mass is 276 g/mol. The first-order valence-corrected chi connectivity index (χ1v) is 6.64. The molecular weight excluding hydrogens is 260 g/mol. The predicted molar refractivity (Wildman–Crippen MR) is 77.1 cm³/mol. The van der Waals surface area contributed by atoms with E-state index in [-0.39, 0.29) is 6.10 Å². The van der Waals surface area contributed by atoms with Crippen molar-refractivity contribution in [3.63, 3.8) is 0 Å². The third-order valence-corrected chi connectivity index (χ3v) is 3.07. The van der Waals surface area contributed by atoms with Crippen molar-refractivity contribution in [3.05, 3.63) is 64.9 Å². The Morgan fingerprint density at radius 3 is 2.79 bits per heavy atom. The SMILES string of the molecule is NCC(OCCc1ccccn1)c1cccc(Cl)c1. The van der Waals surface area contributed by atoms with Crippen LogP contribution >= 0.6 is 11.6 Å². The summed E-state index contributed by atoms with van der Waals surface area (Å²) in [5, 5.41) is 0.698. The minimum absolute atomic E-state index is 0.123. The average Bonchev–Trinajstić information content (AvgIpc) is 2.45. The average molecular weight is 277 g/mol. The molecule has 1 aromatic heterocycles. The number of ether oxygens (including phenoxy) is 1. The van der Waals surface area contributed by atoms with Crippen LogP contribution in [-0.2, 0) is 11.2 Å². The van der Waals surface area contributed by atoms with Gasteiger partial charge in [-0.2, -0.15) is 0 Å². The van der Waals surface area contributed by atoms with E-state index < -0.39 is 0 Å². The molecule has 0 aliphatic carbocycles. The number of hydrogen-bond donors (Lipinski definition) is 1. The fraction of sp³-hybridized carbons (Fsp3) is 0.267. The van der Waals surface area contributed by atoms with Crippen LogP contribution in [0, 0.1) is 0 Å². The lowest BCUT2D eigenvalue weighted by atomic mass is 10.1.